The molecule has 1 N–H and O–H groups in total. The third kappa shape index (κ3) is 5.26. The molecule has 2 heterocycles. The molecule has 3 rings (SSSR count). The lowest BCUT2D eigenvalue weighted by atomic mass is 9.91. The summed E-state index contributed by atoms with van der Waals surface area (Å²) in [6.45, 7) is 7.20. The standard InChI is InChI=1S/C22H33N3O2.ClH/c1-16(2)11-21(26)25-15-19-9-5-4-8-18(19)12-20(25)22(27)24-10-6-7-17(14-24)13-23-3;/h4-5,8-9,16-17,20,23H,6-7,10-15H2,1-3H3;1H. The molecule has 0 radical (unpaired) electrons. The average molecular weight is 408 g/mol. The van der Waals surface area contributed by atoms with E-state index in [0.717, 1.165) is 32.5 Å². The lowest BCUT2D eigenvalue weighted by Crippen LogP contribution is -2.55. The van der Waals surface area contributed by atoms with Crippen LogP contribution in [0.2, 0.25) is 0 Å². The fourth-order valence-electron chi connectivity index (χ4n) is 4.40. The lowest BCUT2D eigenvalue weighted by molar-refractivity contribution is -0.148. The zero-order valence-electron chi connectivity index (χ0n) is 17.3. The van der Waals surface area contributed by atoms with Gasteiger partial charge in [-0.1, -0.05) is 38.1 Å². The van der Waals surface area contributed by atoms with Gasteiger partial charge in [-0.3, -0.25) is 9.59 Å². The molecule has 1 aromatic carbocycles. The van der Waals surface area contributed by atoms with E-state index in [-0.39, 0.29) is 30.3 Å². The predicted octanol–water partition coefficient (Wildman–Crippen LogP) is 2.87. The van der Waals surface area contributed by atoms with Crippen LogP contribution in [0.5, 0.6) is 0 Å². The first-order chi connectivity index (χ1) is 13.0. The minimum atomic E-state index is -0.362. The van der Waals surface area contributed by atoms with Crippen LogP contribution in [0.15, 0.2) is 24.3 Å². The van der Waals surface area contributed by atoms with E-state index in [1.54, 1.807) is 0 Å². The van der Waals surface area contributed by atoms with Gasteiger partial charge < -0.3 is 15.1 Å². The Bertz CT molecular complexity index is 678. The van der Waals surface area contributed by atoms with E-state index in [1.165, 1.54) is 11.1 Å². The fraction of sp³-hybridized carbons (Fsp3) is 0.636. The van der Waals surface area contributed by atoms with Crippen LogP contribution in [0.1, 0.15) is 44.2 Å². The summed E-state index contributed by atoms with van der Waals surface area (Å²) in [5, 5.41) is 3.24. The van der Waals surface area contributed by atoms with Gasteiger partial charge in [-0.25, -0.2) is 0 Å². The van der Waals surface area contributed by atoms with Crippen LogP contribution in [0.25, 0.3) is 0 Å². The summed E-state index contributed by atoms with van der Waals surface area (Å²) >= 11 is 0. The smallest absolute Gasteiger partial charge is 0.245 e. The second-order valence-electron chi connectivity index (χ2n) is 8.46. The number of likely N-dealkylation sites (tertiary alicyclic amines) is 1. The fourth-order valence-corrected chi connectivity index (χ4v) is 4.40. The van der Waals surface area contributed by atoms with Gasteiger partial charge in [-0.15, -0.1) is 12.4 Å². The molecule has 2 amide bonds. The number of carbonyl (C=O) groups is 2. The maximum absolute atomic E-state index is 13.4. The number of halogens is 1. The Morgan fingerprint density at radius 2 is 1.93 bits per heavy atom. The third-order valence-electron chi connectivity index (χ3n) is 5.76. The molecule has 5 nitrogen and oxygen atoms in total. The van der Waals surface area contributed by atoms with E-state index in [2.05, 4.69) is 31.3 Å². The molecule has 2 aliphatic heterocycles. The second-order valence-corrected chi connectivity index (χ2v) is 8.46. The first-order valence-corrected chi connectivity index (χ1v) is 10.3. The molecule has 1 fully saturated rings. The molecule has 0 aliphatic carbocycles. The van der Waals surface area contributed by atoms with Crippen LogP contribution in [-0.4, -0.2) is 54.3 Å². The van der Waals surface area contributed by atoms with Crippen LogP contribution in [-0.2, 0) is 22.6 Å². The van der Waals surface area contributed by atoms with Crippen LogP contribution in [0.3, 0.4) is 0 Å². The summed E-state index contributed by atoms with van der Waals surface area (Å²) in [7, 11) is 1.96. The SMILES string of the molecule is CNCC1CCCN(C(=O)C2Cc3ccccc3CN2C(=O)CC(C)C)C1.Cl. The molecule has 1 aromatic rings. The molecule has 156 valence electrons. The molecule has 1 saturated heterocycles. The van der Waals surface area contributed by atoms with Crippen molar-refractivity contribution in [1.82, 2.24) is 15.1 Å². The van der Waals surface area contributed by atoms with E-state index in [9.17, 15) is 9.59 Å². The lowest BCUT2D eigenvalue weighted by Gasteiger charge is -2.41. The van der Waals surface area contributed by atoms with Crippen LogP contribution >= 0.6 is 12.4 Å². The molecular formula is C22H34ClN3O2. The third-order valence-corrected chi connectivity index (χ3v) is 5.76. The van der Waals surface area contributed by atoms with Gasteiger partial charge in [0.25, 0.3) is 0 Å². The van der Waals surface area contributed by atoms with Crippen molar-refractivity contribution in [3.63, 3.8) is 0 Å². The quantitative estimate of drug-likeness (QED) is 0.816. The molecule has 2 unspecified atom stereocenters. The minimum Gasteiger partial charge on any atom is -0.341 e. The number of carbonyl (C=O) groups excluding carboxylic acids is 2. The number of nitrogens with one attached hydrogen (secondary N) is 1. The topological polar surface area (TPSA) is 52.7 Å². The highest BCUT2D eigenvalue weighted by molar-refractivity contribution is 5.88. The maximum atomic E-state index is 13.4. The van der Waals surface area contributed by atoms with E-state index in [4.69, 9.17) is 0 Å². The second kappa shape index (κ2) is 10.3. The molecule has 2 atom stereocenters. The van der Waals surface area contributed by atoms with Crippen molar-refractivity contribution < 1.29 is 9.59 Å². The number of rotatable bonds is 5. The van der Waals surface area contributed by atoms with Gasteiger partial charge in [-0.2, -0.15) is 0 Å². The zero-order valence-corrected chi connectivity index (χ0v) is 18.1. The summed E-state index contributed by atoms with van der Waals surface area (Å²) in [5.74, 6) is 1.02. The molecule has 0 saturated carbocycles. The minimum absolute atomic E-state index is 0. The van der Waals surface area contributed by atoms with Crippen LogP contribution in [0.4, 0.5) is 0 Å². The number of fused-ring (bicyclic) bond motifs is 1. The molecular weight excluding hydrogens is 374 g/mol. The van der Waals surface area contributed by atoms with Gasteiger partial charge in [-0.05, 0) is 49.4 Å². The highest BCUT2D eigenvalue weighted by Gasteiger charge is 2.37. The van der Waals surface area contributed by atoms with Crippen molar-refractivity contribution in [2.45, 2.75) is 52.1 Å². The number of amides is 2. The molecule has 0 bridgehead atoms. The van der Waals surface area contributed by atoms with Gasteiger partial charge in [0.15, 0.2) is 0 Å². The summed E-state index contributed by atoms with van der Waals surface area (Å²) in [5.41, 5.74) is 2.37. The first-order valence-electron chi connectivity index (χ1n) is 10.3. The summed E-state index contributed by atoms with van der Waals surface area (Å²) in [4.78, 5) is 30.2. The first kappa shape index (κ1) is 22.7. The molecule has 0 spiro atoms. The van der Waals surface area contributed by atoms with Crippen LogP contribution in [0, 0.1) is 11.8 Å². The molecule has 6 heteroatoms. The maximum Gasteiger partial charge on any atom is 0.245 e. The number of hydrogen-bond acceptors (Lipinski definition) is 3. The van der Waals surface area contributed by atoms with E-state index >= 15 is 0 Å². The highest BCUT2D eigenvalue weighted by Crippen LogP contribution is 2.27. The van der Waals surface area contributed by atoms with Crippen molar-refractivity contribution in [3.05, 3.63) is 35.4 Å². The Morgan fingerprint density at radius 1 is 1.21 bits per heavy atom. The Balaban J connectivity index is 0.00000280. The Morgan fingerprint density at radius 3 is 2.61 bits per heavy atom. The van der Waals surface area contributed by atoms with Crippen molar-refractivity contribution >= 4 is 24.2 Å². The van der Waals surface area contributed by atoms with Gasteiger partial charge in [0, 0.05) is 32.5 Å². The van der Waals surface area contributed by atoms with Crippen molar-refractivity contribution in [3.8, 4) is 0 Å². The van der Waals surface area contributed by atoms with E-state index < -0.39 is 0 Å². The number of nitrogens with zero attached hydrogens (tertiary/aromatic N) is 2. The number of hydrogen-bond donors (Lipinski definition) is 1. The summed E-state index contributed by atoms with van der Waals surface area (Å²) < 4.78 is 0. The molecule has 2 aliphatic rings. The summed E-state index contributed by atoms with van der Waals surface area (Å²) in [6.07, 6.45) is 3.33. The predicted molar refractivity (Wildman–Crippen MR) is 114 cm³/mol. The van der Waals surface area contributed by atoms with Gasteiger partial charge in [0.1, 0.15) is 6.04 Å². The zero-order chi connectivity index (χ0) is 19.4. The van der Waals surface area contributed by atoms with Crippen LogP contribution < -0.4 is 5.32 Å². The largest absolute Gasteiger partial charge is 0.341 e. The number of benzene rings is 1. The average Bonchev–Trinajstić information content (AvgIpc) is 2.66. The van der Waals surface area contributed by atoms with Gasteiger partial charge in [0.05, 0.1) is 0 Å². The monoisotopic (exact) mass is 407 g/mol. The normalized spacial score (nSPS) is 21.9. The highest BCUT2D eigenvalue weighted by atomic mass is 35.5. The van der Waals surface area contributed by atoms with E-state index in [0.29, 0.717) is 31.2 Å². The van der Waals surface area contributed by atoms with Gasteiger partial charge >= 0.3 is 0 Å². The van der Waals surface area contributed by atoms with Gasteiger partial charge in [0.2, 0.25) is 11.8 Å². The number of piperidine rings is 1. The van der Waals surface area contributed by atoms with Crippen molar-refractivity contribution in [2.75, 3.05) is 26.7 Å². The van der Waals surface area contributed by atoms with Crippen molar-refractivity contribution in [1.29, 1.82) is 0 Å². The summed E-state index contributed by atoms with van der Waals surface area (Å²) in [6, 6.07) is 7.85. The van der Waals surface area contributed by atoms with Crippen molar-refractivity contribution in [2.24, 2.45) is 11.8 Å². The van der Waals surface area contributed by atoms with E-state index in [1.807, 2.05) is 29.0 Å². The molecule has 28 heavy (non-hydrogen) atoms. The Kier molecular flexibility index (Phi) is 8.32. The molecule has 0 aromatic heterocycles. The Hall–Kier alpha value is -1.59. The Labute approximate surface area is 175 Å².